The molecule has 1 aliphatic heterocycles. The molecular weight excluding hydrogens is 288 g/mol. The first-order valence-electron chi connectivity index (χ1n) is 6.90. The smallest absolute Gasteiger partial charge is 0.257 e. The van der Waals surface area contributed by atoms with Crippen molar-refractivity contribution in [2.45, 2.75) is 18.9 Å². The summed E-state index contributed by atoms with van der Waals surface area (Å²) >= 11 is 0. The maximum Gasteiger partial charge on any atom is 0.257 e. The van der Waals surface area contributed by atoms with E-state index in [1.165, 1.54) is 0 Å². The number of hydrogen-bond acceptors (Lipinski definition) is 3. The highest BCUT2D eigenvalue weighted by molar-refractivity contribution is 5.94. The van der Waals surface area contributed by atoms with Gasteiger partial charge < -0.3 is 10.6 Å². The molecule has 0 bridgehead atoms. The first kappa shape index (κ1) is 15.5. The average molecular weight is 307 g/mol. The summed E-state index contributed by atoms with van der Waals surface area (Å²) in [5, 5.41) is 4.27. The predicted octanol–water partition coefficient (Wildman–Crippen LogP) is 1.86. The number of halogens is 1. The average Bonchev–Trinajstić information content (AvgIpc) is 3.16. The molecule has 1 fully saturated rings. The van der Waals surface area contributed by atoms with Gasteiger partial charge in [0.05, 0.1) is 17.4 Å². The highest BCUT2D eigenvalue weighted by atomic mass is 35.5. The van der Waals surface area contributed by atoms with Gasteiger partial charge in [-0.15, -0.1) is 12.4 Å². The molecule has 0 aliphatic carbocycles. The maximum atomic E-state index is 12.5. The molecule has 1 saturated heterocycles. The maximum absolute atomic E-state index is 12.5. The van der Waals surface area contributed by atoms with Crippen LogP contribution >= 0.6 is 12.4 Å². The molecule has 2 heterocycles. The van der Waals surface area contributed by atoms with Gasteiger partial charge in [0, 0.05) is 25.3 Å². The van der Waals surface area contributed by atoms with E-state index in [2.05, 4.69) is 5.10 Å². The van der Waals surface area contributed by atoms with E-state index in [-0.39, 0.29) is 24.4 Å². The molecule has 0 spiro atoms. The minimum atomic E-state index is 0. The van der Waals surface area contributed by atoms with Gasteiger partial charge in [-0.25, -0.2) is 4.68 Å². The van der Waals surface area contributed by atoms with E-state index < -0.39 is 0 Å². The van der Waals surface area contributed by atoms with E-state index in [1.54, 1.807) is 17.1 Å². The van der Waals surface area contributed by atoms with Crippen molar-refractivity contribution in [3.63, 3.8) is 0 Å². The Morgan fingerprint density at radius 1 is 1.33 bits per heavy atom. The molecule has 0 radical (unpaired) electrons. The zero-order valence-corrected chi connectivity index (χ0v) is 12.5. The molecule has 1 aromatic heterocycles. The second-order valence-electron chi connectivity index (χ2n) is 5.04. The minimum absolute atomic E-state index is 0. The number of benzene rings is 1. The third kappa shape index (κ3) is 3.09. The van der Waals surface area contributed by atoms with E-state index in [0.29, 0.717) is 12.1 Å². The molecule has 1 unspecified atom stereocenters. The highest BCUT2D eigenvalue weighted by Crippen LogP contribution is 2.19. The van der Waals surface area contributed by atoms with Crippen LogP contribution in [0.15, 0.2) is 42.7 Å². The Morgan fingerprint density at radius 3 is 2.81 bits per heavy atom. The van der Waals surface area contributed by atoms with E-state index in [1.807, 2.05) is 35.2 Å². The quantitative estimate of drug-likeness (QED) is 0.941. The number of carbonyl (C=O) groups is 1. The molecule has 2 aromatic rings. The lowest BCUT2D eigenvalue weighted by Crippen LogP contribution is -2.39. The molecular formula is C15H19ClN4O. The van der Waals surface area contributed by atoms with Gasteiger partial charge in [0.25, 0.3) is 5.91 Å². The van der Waals surface area contributed by atoms with Gasteiger partial charge in [0.15, 0.2) is 0 Å². The van der Waals surface area contributed by atoms with Crippen LogP contribution in [0.3, 0.4) is 0 Å². The summed E-state index contributed by atoms with van der Waals surface area (Å²) in [6.07, 6.45) is 5.43. The van der Waals surface area contributed by atoms with Crippen LogP contribution in [0.5, 0.6) is 0 Å². The van der Waals surface area contributed by atoms with Crippen molar-refractivity contribution in [3.05, 3.63) is 48.3 Å². The predicted molar refractivity (Wildman–Crippen MR) is 83.9 cm³/mol. The second kappa shape index (κ2) is 6.74. The van der Waals surface area contributed by atoms with Crippen LogP contribution in [-0.2, 0) is 0 Å². The SMILES string of the molecule is Cl.NCC1CCCN1C(=O)c1cnn(-c2ccccc2)c1. The Kier molecular flexibility index (Phi) is 4.98. The molecule has 1 atom stereocenters. The number of rotatable bonds is 3. The standard InChI is InChI=1S/C15H18N4O.ClH/c16-9-14-7-4-8-18(14)15(20)12-10-17-19(11-12)13-5-2-1-3-6-13;/h1-3,5-6,10-11,14H,4,7-9,16H2;1H. The Morgan fingerprint density at radius 2 is 2.10 bits per heavy atom. The Labute approximate surface area is 130 Å². The fourth-order valence-corrected chi connectivity index (χ4v) is 2.67. The lowest BCUT2D eigenvalue weighted by atomic mass is 10.2. The van der Waals surface area contributed by atoms with Crippen LogP contribution in [-0.4, -0.2) is 39.7 Å². The lowest BCUT2D eigenvalue weighted by Gasteiger charge is -2.22. The number of amides is 1. The van der Waals surface area contributed by atoms with Crippen molar-refractivity contribution < 1.29 is 4.79 Å². The molecule has 2 N–H and O–H groups in total. The molecule has 1 aromatic carbocycles. The van der Waals surface area contributed by atoms with E-state index in [4.69, 9.17) is 5.73 Å². The fraction of sp³-hybridized carbons (Fsp3) is 0.333. The molecule has 112 valence electrons. The van der Waals surface area contributed by atoms with Crippen LogP contribution in [0.25, 0.3) is 5.69 Å². The van der Waals surface area contributed by atoms with Gasteiger partial charge in [-0.1, -0.05) is 18.2 Å². The summed E-state index contributed by atoms with van der Waals surface area (Å²) in [4.78, 5) is 14.3. The Balaban J connectivity index is 0.00000161. The van der Waals surface area contributed by atoms with Crippen LogP contribution in [0.4, 0.5) is 0 Å². The number of nitrogens with zero attached hydrogens (tertiary/aromatic N) is 3. The molecule has 5 nitrogen and oxygen atoms in total. The van der Waals surface area contributed by atoms with Gasteiger partial charge in [-0.2, -0.15) is 5.10 Å². The fourth-order valence-electron chi connectivity index (χ4n) is 2.67. The zero-order chi connectivity index (χ0) is 13.9. The van der Waals surface area contributed by atoms with Gasteiger partial charge in [0.2, 0.25) is 0 Å². The van der Waals surface area contributed by atoms with Crippen molar-refractivity contribution in [1.29, 1.82) is 0 Å². The molecule has 21 heavy (non-hydrogen) atoms. The third-order valence-corrected chi connectivity index (χ3v) is 3.76. The van der Waals surface area contributed by atoms with Gasteiger partial charge in [-0.3, -0.25) is 4.79 Å². The number of likely N-dealkylation sites (tertiary alicyclic amines) is 1. The molecule has 0 saturated carbocycles. The summed E-state index contributed by atoms with van der Waals surface area (Å²) in [6.45, 7) is 1.32. The van der Waals surface area contributed by atoms with Crippen LogP contribution in [0, 0.1) is 0 Å². The van der Waals surface area contributed by atoms with E-state index in [0.717, 1.165) is 25.1 Å². The number of nitrogens with two attached hydrogens (primary N) is 1. The summed E-state index contributed by atoms with van der Waals surface area (Å²) in [6, 6.07) is 9.93. The Bertz CT molecular complexity index is 599. The molecule has 3 rings (SSSR count). The van der Waals surface area contributed by atoms with Crippen molar-refractivity contribution >= 4 is 18.3 Å². The molecule has 1 aliphatic rings. The van der Waals surface area contributed by atoms with E-state index in [9.17, 15) is 4.79 Å². The first-order chi connectivity index (χ1) is 9.79. The van der Waals surface area contributed by atoms with Gasteiger partial charge in [0.1, 0.15) is 0 Å². The molecule has 1 amide bonds. The topological polar surface area (TPSA) is 64.2 Å². The largest absolute Gasteiger partial charge is 0.334 e. The normalized spacial score (nSPS) is 17.6. The van der Waals surface area contributed by atoms with Crippen molar-refractivity contribution in [3.8, 4) is 5.69 Å². The van der Waals surface area contributed by atoms with Gasteiger partial charge >= 0.3 is 0 Å². The van der Waals surface area contributed by atoms with Crippen LogP contribution < -0.4 is 5.73 Å². The lowest BCUT2D eigenvalue weighted by molar-refractivity contribution is 0.0741. The summed E-state index contributed by atoms with van der Waals surface area (Å²) in [5.41, 5.74) is 7.29. The number of aromatic nitrogens is 2. The Hall–Kier alpha value is -1.85. The molecule has 6 heteroatoms. The number of hydrogen-bond donors (Lipinski definition) is 1. The minimum Gasteiger partial charge on any atom is -0.334 e. The summed E-state index contributed by atoms with van der Waals surface area (Å²) < 4.78 is 1.72. The van der Waals surface area contributed by atoms with E-state index >= 15 is 0 Å². The van der Waals surface area contributed by atoms with Crippen molar-refractivity contribution in [2.24, 2.45) is 5.73 Å². The van der Waals surface area contributed by atoms with Crippen LogP contribution in [0.1, 0.15) is 23.2 Å². The first-order valence-corrected chi connectivity index (χ1v) is 6.90. The monoisotopic (exact) mass is 306 g/mol. The van der Waals surface area contributed by atoms with Crippen molar-refractivity contribution in [1.82, 2.24) is 14.7 Å². The number of para-hydroxylation sites is 1. The number of carbonyl (C=O) groups excluding carboxylic acids is 1. The second-order valence-corrected chi connectivity index (χ2v) is 5.04. The highest BCUT2D eigenvalue weighted by Gasteiger charge is 2.28. The zero-order valence-electron chi connectivity index (χ0n) is 11.7. The van der Waals surface area contributed by atoms with Crippen LogP contribution in [0.2, 0.25) is 0 Å². The third-order valence-electron chi connectivity index (χ3n) is 3.76. The summed E-state index contributed by atoms with van der Waals surface area (Å²) in [5.74, 6) is 0.0279. The van der Waals surface area contributed by atoms with Gasteiger partial charge in [-0.05, 0) is 25.0 Å². The summed E-state index contributed by atoms with van der Waals surface area (Å²) in [7, 11) is 0. The van der Waals surface area contributed by atoms with Crippen molar-refractivity contribution in [2.75, 3.05) is 13.1 Å².